The zero-order valence-corrected chi connectivity index (χ0v) is 16.6. The van der Waals surface area contributed by atoms with E-state index >= 15 is 0 Å². The lowest BCUT2D eigenvalue weighted by Crippen LogP contribution is -2.36. The fourth-order valence-corrected chi connectivity index (χ4v) is 4.71. The van der Waals surface area contributed by atoms with Crippen LogP contribution in [-0.4, -0.2) is 64.0 Å². The van der Waals surface area contributed by atoms with Crippen molar-refractivity contribution in [2.45, 2.75) is 19.5 Å². The Balaban J connectivity index is 1.22. The summed E-state index contributed by atoms with van der Waals surface area (Å²) in [6.45, 7) is 7.27. The fourth-order valence-electron chi connectivity index (χ4n) is 3.70. The summed E-state index contributed by atoms with van der Waals surface area (Å²) in [6, 6.07) is 10.2. The van der Waals surface area contributed by atoms with Gasteiger partial charge in [0, 0.05) is 55.8 Å². The zero-order valence-electron chi connectivity index (χ0n) is 15.8. The molecule has 5 rings (SSSR count). The number of ether oxygens (including phenoxy) is 1. The summed E-state index contributed by atoms with van der Waals surface area (Å²) in [4.78, 5) is 15.5. The highest BCUT2D eigenvalue weighted by Gasteiger charge is 2.20. The molecule has 2 aliphatic heterocycles. The molecule has 0 saturated carbocycles. The molecule has 0 spiro atoms. The van der Waals surface area contributed by atoms with Gasteiger partial charge >= 0.3 is 0 Å². The maximum atomic E-state index is 5.44. The van der Waals surface area contributed by atoms with Gasteiger partial charge in [0.15, 0.2) is 11.0 Å². The van der Waals surface area contributed by atoms with Crippen LogP contribution in [0.3, 0.4) is 0 Å². The van der Waals surface area contributed by atoms with Crippen molar-refractivity contribution >= 4 is 16.5 Å². The van der Waals surface area contributed by atoms with E-state index in [1.165, 1.54) is 4.88 Å². The molecule has 0 unspecified atom stereocenters. The molecule has 4 heterocycles. The first-order chi connectivity index (χ1) is 13.8. The van der Waals surface area contributed by atoms with E-state index in [9.17, 15) is 0 Å². The third kappa shape index (κ3) is 3.80. The first-order valence-electron chi connectivity index (χ1n) is 9.84. The average molecular weight is 397 g/mol. The Kier molecular flexibility index (Phi) is 5.07. The molecule has 8 heteroatoms. The molecule has 1 aromatic carbocycles. The highest BCUT2D eigenvalue weighted by atomic mass is 32.1. The van der Waals surface area contributed by atoms with Crippen molar-refractivity contribution in [2.24, 2.45) is 0 Å². The molecule has 3 aromatic rings. The number of hydrogen-bond donors (Lipinski definition) is 0. The lowest BCUT2D eigenvalue weighted by molar-refractivity contribution is 0.122. The van der Waals surface area contributed by atoms with E-state index in [1.807, 2.05) is 24.4 Å². The van der Waals surface area contributed by atoms with Gasteiger partial charge in [-0.25, -0.2) is 14.6 Å². The van der Waals surface area contributed by atoms with Crippen LogP contribution >= 0.6 is 11.3 Å². The summed E-state index contributed by atoms with van der Waals surface area (Å²) in [5, 5.41) is 5.86. The van der Waals surface area contributed by atoms with Gasteiger partial charge < -0.3 is 9.64 Å². The van der Waals surface area contributed by atoms with Crippen LogP contribution in [0.1, 0.15) is 10.7 Å². The molecule has 0 N–H and O–H groups in total. The molecule has 0 radical (unpaired) electrons. The average Bonchev–Trinajstić information content (AvgIpc) is 3.34. The van der Waals surface area contributed by atoms with E-state index in [1.54, 1.807) is 11.3 Å². The van der Waals surface area contributed by atoms with Crippen molar-refractivity contribution in [1.29, 1.82) is 0 Å². The number of thiazole rings is 1. The zero-order chi connectivity index (χ0) is 18.8. The molecular formula is C20H24N6OS. The van der Waals surface area contributed by atoms with Crippen LogP contribution in [-0.2, 0) is 24.2 Å². The number of aromatic nitrogens is 4. The molecular weight excluding hydrogens is 372 g/mol. The number of anilines is 1. The van der Waals surface area contributed by atoms with Crippen LogP contribution in [0, 0.1) is 0 Å². The van der Waals surface area contributed by atoms with Crippen molar-refractivity contribution in [3.05, 3.63) is 47.2 Å². The summed E-state index contributed by atoms with van der Waals surface area (Å²) >= 11 is 1.81. The molecule has 0 aliphatic carbocycles. The smallest absolute Gasteiger partial charge is 0.185 e. The molecule has 0 atom stereocenters. The van der Waals surface area contributed by atoms with Crippen molar-refractivity contribution in [1.82, 2.24) is 24.6 Å². The molecule has 0 amide bonds. The SMILES string of the molecule is c1ccc(-c2nc3n(n2)CCN(Cc2cnc(N4CCOCC4)s2)CC3)cc1. The molecule has 1 saturated heterocycles. The summed E-state index contributed by atoms with van der Waals surface area (Å²) in [5.41, 5.74) is 1.08. The number of nitrogens with zero attached hydrogens (tertiary/aromatic N) is 6. The number of benzene rings is 1. The lowest BCUT2D eigenvalue weighted by Gasteiger charge is -2.26. The van der Waals surface area contributed by atoms with Crippen molar-refractivity contribution in [3.8, 4) is 11.4 Å². The topological polar surface area (TPSA) is 59.3 Å². The number of fused-ring (bicyclic) bond motifs is 1. The van der Waals surface area contributed by atoms with Gasteiger partial charge in [-0.15, -0.1) is 11.3 Å². The summed E-state index contributed by atoms with van der Waals surface area (Å²) in [7, 11) is 0. The van der Waals surface area contributed by atoms with Gasteiger partial charge in [-0.1, -0.05) is 30.3 Å². The van der Waals surface area contributed by atoms with E-state index < -0.39 is 0 Å². The summed E-state index contributed by atoms with van der Waals surface area (Å²) < 4.78 is 7.51. The standard InChI is InChI=1S/C20H24N6OS/c1-2-4-16(5-3-1)19-22-18-6-7-24(8-9-26(18)23-19)15-17-14-21-20(28-17)25-10-12-27-13-11-25/h1-5,14H,6-13,15H2. The summed E-state index contributed by atoms with van der Waals surface area (Å²) in [5.74, 6) is 1.92. The minimum atomic E-state index is 0.796. The van der Waals surface area contributed by atoms with Crippen LogP contribution in [0.5, 0.6) is 0 Å². The van der Waals surface area contributed by atoms with Gasteiger partial charge in [0.25, 0.3) is 0 Å². The molecule has 146 valence electrons. The number of rotatable bonds is 4. The second-order valence-corrected chi connectivity index (χ2v) is 8.27. The Morgan fingerprint density at radius 2 is 1.86 bits per heavy atom. The predicted molar refractivity (Wildman–Crippen MR) is 110 cm³/mol. The Labute approximate surface area is 168 Å². The van der Waals surface area contributed by atoms with Crippen LogP contribution in [0.25, 0.3) is 11.4 Å². The van der Waals surface area contributed by atoms with Crippen molar-refractivity contribution in [2.75, 3.05) is 44.3 Å². The minimum absolute atomic E-state index is 0.796. The van der Waals surface area contributed by atoms with E-state index in [0.29, 0.717) is 0 Å². The summed E-state index contributed by atoms with van der Waals surface area (Å²) in [6.07, 6.45) is 2.96. The maximum absolute atomic E-state index is 5.44. The Morgan fingerprint density at radius 1 is 1.00 bits per heavy atom. The Morgan fingerprint density at radius 3 is 2.71 bits per heavy atom. The third-order valence-corrected chi connectivity index (χ3v) is 6.31. The monoisotopic (exact) mass is 396 g/mol. The third-order valence-electron chi connectivity index (χ3n) is 5.26. The Hall–Kier alpha value is -2.29. The van der Waals surface area contributed by atoms with Gasteiger partial charge in [0.1, 0.15) is 5.82 Å². The molecule has 1 fully saturated rings. The fraction of sp³-hybridized carbons (Fsp3) is 0.450. The van der Waals surface area contributed by atoms with E-state index in [0.717, 1.165) is 81.2 Å². The molecule has 7 nitrogen and oxygen atoms in total. The van der Waals surface area contributed by atoms with E-state index in [-0.39, 0.29) is 0 Å². The van der Waals surface area contributed by atoms with Gasteiger partial charge in [-0.3, -0.25) is 4.90 Å². The van der Waals surface area contributed by atoms with Crippen molar-refractivity contribution < 1.29 is 4.74 Å². The minimum Gasteiger partial charge on any atom is -0.378 e. The molecule has 28 heavy (non-hydrogen) atoms. The first-order valence-corrected chi connectivity index (χ1v) is 10.7. The van der Waals surface area contributed by atoms with Crippen LogP contribution in [0.15, 0.2) is 36.5 Å². The second kappa shape index (κ2) is 7.98. The number of hydrogen-bond acceptors (Lipinski definition) is 7. The van der Waals surface area contributed by atoms with Gasteiger partial charge in [-0.2, -0.15) is 5.10 Å². The predicted octanol–water partition coefficient (Wildman–Crippen LogP) is 2.30. The largest absolute Gasteiger partial charge is 0.378 e. The van der Waals surface area contributed by atoms with Gasteiger partial charge in [0.2, 0.25) is 0 Å². The lowest BCUT2D eigenvalue weighted by atomic mass is 10.2. The molecule has 2 aromatic heterocycles. The van der Waals surface area contributed by atoms with E-state index in [4.69, 9.17) is 14.8 Å². The normalized spacial score (nSPS) is 18.1. The second-order valence-electron chi connectivity index (χ2n) is 7.18. The van der Waals surface area contributed by atoms with Crippen LogP contribution in [0.4, 0.5) is 5.13 Å². The van der Waals surface area contributed by atoms with Crippen LogP contribution < -0.4 is 4.90 Å². The molecule has 2 aliphatic rings. The quantitative estimate of drug-likeness (QED) is 0.674. The number of morpholine rings is 1. The highest BCUT2D eigenvalue weighted by molar-refractivity contribution is 7.15. The van der Waals surface area contributed by atoms with Crippen LogP contribution in [0.2, 0.25) is 0 Å². The van der Waals surface area contributed by atoms with E-state index in [2.05, 4.69) is 31.6 Å². The Bertz CT molecular complexity index is 892. The van der Waals surface area contributed by atoms with Gasteiger partial charge in [-0.05, 0) is 0 Å². The maximum Gasteiger partial charge on any atom is 0.185 e. The molecule has 0 bridgehead atoms. The highest BCUT2D eigenvalue weighted by Crippen LogP contribution is 2.25. The van der Waals surface area contributed by atoms with Gasteiger partial charge in [0.05, 0.1) is 19.8 Å². The van der Waals surface area contributed by atoms with Crippen molar-refractivity contribution in [3.63, 3.8) is 0 Å². The first kappa shape index (κ1) is 17.8.